The first-order valence-corrected chi connectivity index (χ1v) is 7.11. The van der Waals surface area contributed by atoms with E-state index < -0.39 is 5.97 Å². The van der Waals surface area contributed by atoms with Crippen LogP contribution in [-0.2, 0) is 11.3 Å². The van der Waals surface area contributed by atoms with Crippen LogP contribution >= 0.6 is 0 Å². The molecule has 2 aromatic rings. The number of hydrogen-bond donors (Lipinski definition) is 2. The van der Waals surface area contributed by atoms with Gasteiger partial charge in [0.2, 0.25) is 5.91 Å². The van der Waals surface area contributed by atoms with Gasteiger partial charge in [-0.05, 0) is 37.5 Å². The van der Waals surface area contributed by atoms with Crippen molar-refractivity contribution in [2.75, 3.05) is 0 Å². The van der Waals surface area contributed by atoms with Gasteiger partial charge < -0.3 is 15.0 Å². The van der Waals surface area contributed by atoms with Gasteiger partial charge in [0.25, 0.3) is 0 Å². The van der Waals surface area contributed by atoms with Crippen molar-refractivity contribution in [3.8, 4) is 0 Å². The van der Waals surface area contributed by atoms with Gasteiger partial charge in [-0.1, -0.05) is 0 Å². The minimum atomic E-state index is -0.950. The lowest BCUT2D eigenvalue weighted by molar-refractivity contribution is -0.121. The Labute approximate surface area is 121 Å². The molecule has 1 heterocycles. The highest BCUT2D eigenvalue weighted by Gasteiger charge is 2.22. The molecule has 0 saturated heterocycles. The number of carboxylic acids is 1. The number of hydrogen-bond acceptors (Lipinski definition) is 3. The van der Waals surface area contributed by atoms with Crippen molar-refractivity contribution in [2.45, 2.75) is 38.3 Å². The number of carbonyl (C=O) groups is 2. The van der Waals surface area contributed by atoms with E-state index in [0.717, 1.165) is 23.9 Å². The van der Waals surface area contributed by atoms with Gasteiger partial charge in [-0.3, -0.25) is 4.79 Å². The molecule has 1 amide bonds. The number of fused-ring (bicyclic) bond motifs is 1. The topological polar surface area (TPSA) is 84.2 Å². The number of carboxylic acid groups (broad SMARTS) is 1. The van der Waals surface area contributed by atoms with Crippen molar-refractivity contribution >= 4 is 22.9 Å². The molecule has 0 unspecified atom stereocenters. The number of nitrogens with one attached hydrogen (secondary N) is 1. The largest absolute Gasteiger partial charge is 0.478 e. The zero-order valence-electron chi connectivity index (χ0n) is 11.6. The van der Waals surface area contributed by atoms with Gasteiger partial charge in [0, 0.05) is 19.0 Å². The highest BCUT2D eigenvalue weighted by atomic mass is 16.4. The summed E-state index contributed by atoms with van der Waals surface area (Å²) in [7, 11) is 0. The van der Waals surface area contributed by atoms with Crippen molar-refractivity contribution in [2.24, 2.45) is 0 Å². The molecule has 21 heavy (non-hydrogen) atoms. The summed E-state index contributed by atoms with van der Waals surface area (Å²) in [5.41, 5.74) is 1.80. The summed E-state index contributed by atoms with van der Waals surface area (Å²) in [6.07, 6.45) is 5.07. The number of nitrogens with zero attached hydrogens (tertiary/aromatic N) is 2. The van der Waals surface area contributed by atoms with E-state index in [1.807, 2.05) is 4.57 Å². The zero-order chi connectivity index (χ0) is 14.8. The Morgan fingerprint density at radius 1 is 1.38 bits per heavy atom. The molecule has 1 saturated carbocycles. The van der Waals surface area contributed by atoms with Crippen LogP contribution < -0.4 is 5.32 Å². The molecular formula is C15H17N3O3. The molecule has 1 aromatic heterocycles. The number of rotatable bonds is 6. The standard InChI is InChI=1S/C15H17N3O3/c19-14(17-11-4-5-11)2-1-7-18-9-16-12-6-3-10(15(20)21)8-13(12)18/h3,6,8-9,11H,1-2,4-5,7H2,(H,17,19)(H,20,21). The Morgan fingerprint density at radius 2 is 2.19 bits per heavy atom. The monoisotopic (exact) mass is 287 g/mol. The van der Waals surface area contributed by atoms with Gasteiger partial charge in [-0.15, -0.1) is 0 Å². The van der Waals surface area contributed by atoms with Gasteiger partial charge >= 0.3 is 5.97 Å². The number of aromatic carboxylic acids is 1. The van der Waals surface area contributed by atoms with E-state index in [1.165, 1.54) is 0 Å². The Balaban J connectivity index is 1.64. The van der Waals surface area contributed by atoms with Gasteiger partial charge in [-0.25, -0.2) is 9.78 Å². The minimum absolute atomic E-state index is 0.0909. The highest BCUT2D eigenvalue weighted by molar-refractivity contribution is 5.92. The normalized spacial score (nSPS) is 14.3. The maximum atomic E-state index is 11.6. The lowest BCUT2D eigenvalue weighted by atomic mass is 10.2. The number of amides is 1. The van der Waals surface area contributed by atoms with E-state index in [2.05, 4.69) is 10.3 Å². The molecule has 0 radical (unpaired) electrons. The van der Waals surface area contributed by atoms with Crippen LogP contribution in [-0.4, -0.2) is 32.6 Å². The van der Waals surface area contributed by atoms with Crippen molar-refractivity contribution in [3.63, 3.8) is 0 Å². The number of benzene rings is 1. The van der Waals surface area contributed by atoms with E-state index >= 15 is 0 Å². The predicted octanol–water partition coefficient (Wildman–Crippen LogP) is 1.79. The maximum Gasteiger partial charge on any atom is 0.335 e. The first-order valence-electron chi connectivity index (χ1n) is 7.11. The lowest BCUT2D eigenvalue weighted by Gasteiger charge is -2.05. The second-order valence-corrected chi connectivity index (χ2v) is 5.39. The number of aromatic nitrogens is 2. The van der Waals surface area contributed by atoms with Crippen LogP contribution in [0, 0.1) is 0 Å². The number of carbonyl (C=O) groups excluding carboxylic acids is 1. The molecule has 3 rings (SSSR count). The first-order chi connectivity index (χ1) is 10.1. The first kappa shape index (κ1) is 13.6. The molecule has 6 heteroatoms. The van der Waals surface area contributed by atoms with Gasteiger partial charge in [-0.2, -0.15) is 0 Å². The smallest absolute Gasteiger partial charge is 0.335 e. The summed E-state index contributed by atoms with van der Waals surface area (Å²) in [5.74, 6) is -0.860. The predicted molar refractivity (Wildman–Crippen MR) is 77.1 cm³/mol. The summed E-state index contributed by atoms with van der Waals surface area (Å²) in [4.78, 5) is 26.9. The van der Waals surface area contributed by atoms with E-state index in [0.29, 0.717) is 25.4 Å². The van der Waals surface area contributed by atoms with Gasteiger partial charge in [0.15, 0.2) is 0 Å². The van der Waals surface area contributed by atoms with Crippen LogP contribution in [0.4, 0.5) is 0 Å². The number of aryl methyl sites for hydroxylation is 1. The highest BCUT2D eigenvalue weighted by Crippen LogP contribution is 2.19. The Hall–Kier alpha value is -2.37. The summed E-state index contributed by atoms with van der Waals surface area (Å²) >= 11 is 0. The zero-order valence-corrected chi connectivity index (χ0v) is 11.6. The molecule has 1 aliphatic carbocycles. The average Bonchev–Trinajstić information content (AvgIpc) is 3.17. The van der Waals surface area contributed by atoms with Crippen LogP contribution in [0.1, 0.15) is 36.0 Å². The lowest BCUT2D eigenvalue weighted by Crippen LogP contribution is -2.25. The molecule has 0 spiro atoms. The third kappa shape index (κ3) is 3.21. The third-order valence-electron chi connectivity index (χ3n) is 3.61. The molecule has 1 aliphatic rings. The second-order valence-electron chi connectivity index (χ2n) is 5.39. The van der Waals surface area contributed by atoms with Crippen molar-refractivity contribution in [3.05, 3.63) is 30.1 Å². The Bertz CT molecular complexity index is 689. The third-order valence-corrected chi connectivity index (χ3v) is 3.61. The van der Waals surface area contributed by atoms with Crippen molar-refractivity contribution in [1.29, 1.82) is 0 Å². The molecule has 2 N–H and O–H groups in total. The van der Waals surface area contributed by atoms with Crippen LogP contribution in [0.25, 0.3) is 11.0 Å². The summed E-state index contributed by atoms with van der Waals surface area (Å²) in [5, 5.41) is 12.0. The van der Waals surface area contributed by atoms with Crippen LogP contribution in [0.2, 0.25) is 0 Å². The van der Waals surface area contributed by atoms with Crippen LogP contribution in [0.5, 0.6) is 0 Å². The van der Waals surface area contributed by atoms with Gasteiger partial charge in [0.05, 0.1) is 22.9 Å². The van der Waals surface area contributed by atoms with Crippen LogP contribution in [0.3, 0.4) is 0 Å². The van der Waals surface area contributed by atoms with Crippen molar-refractivity contribution < 1.29 is 14.7 Å². The SMILES string of the molecule is O=C(CCCn1cnc2ccc(C(=O)O)cc21)NC1CC1. The molecular weight excluding hydrogens is 270 g/mol. The molecule has 0 aliphatic heterocycles. The summed E-state index contributed by atoms with van der Waals surface area (Å²) < 4.78 is 1.90. The summed E-state index contributed by atoms with van der Waals surface area (Å²) in [6.45, 7) is 0.650. The maximum absolute atomic E-state index is 11.6. The van der Waals surface area contributed by atoms with Crippen molar-refractivity contribution in [1.82, 2.24) is 14.9 Å². The fourth-order valence-electron chi connectivity index (χ4n) is 2.31. The Morgan fingerprint density at radius 3 is 2.90 bits per heavy atom. The molecule has 1 aromatic carbocycles. The molecule has 110 valence electrons. The van der Waals surface area contributed by atoms with E-state index in [9.17, 15) is 9.59 Å². The molecule has 1 fully saturated rings. The quantitative estimate of drug-likeness (QED) is 0.848. The van der Waals surface area contributed by atoms with E-state index in [1.54, 1.807) is 24.5 Å². The fourth-order valence-corrected chi connectivity index (χ4v) is 2.31. The van der Waals surface area contributed by atoms with Gasteiger partial charge in [0.1, 0.15) is 0 Å². The average molecular weight is 287 g/mol. The van der Waals surface area contributed by atoms with Crippen LogP contribution in [0.15, 0.2) is 24.5 Å². The molecule has 0 atom stereocenters. The second kappa shape index (κ2) is 5.55. The Kier molecular flexibility index (Phi) is 3.60. The number of imidazole rings is 1. The van der Waals surface area contributed by atoms with E-state index in [-0.39, 0.29) is 11.5 Å². The molecule has 6 nitrogen and oxygen atoms in total. The molecule has 0 bridgehead atoms. The summed E-state index contributed by atoms with van der Waals surface area (Å²) in [6, 6.07) is 5.26. The minimum Gasteiger partial charge on any atom is -0.478 e. The van der Waals surface area contributed by atoms with E-state index in [4.69, 9.17) is 5.11 Å². The fraction of sp³-hybridized carbons (Fsp3) is 0.400.